The Balaban J connectivity index is 2.05. The number of nitrogens with one attached hydrogen (secondary N) is 1. The van der Waals surface area contributed by atoms with Crippen LogP contribution < -0.4 is 5.56 Å². The zero-order valence-electron chi connectivity index (χ0n) is 11.4. The van der Waals surface area contributed by atoms with Gasteiger partial charge in [0.2, 0.25) is 0 Å². The summed E-state index contributed by atoms with van der Waals surface area (Å²) in [5.41, 5.74) is -0.204. The number of H-pyrrole nitrogens is 1. The predicted molar refractivity (Wildman–Crippen MR) is 71.9 cm³/mol. The molecule has 0 radical (unpaired) electrons. The Morgan fingerprint density at radius 2 is 2.36 bits per heavy atom. The Morgan fingerprint density at radius 1 is 1.59 bits per heavy atom. The molecule has 1 fully saturated rings. The molecular weight excluding hydrogens is 318 g/mol. The molecule has 22 heavy (non-hydrogen) atoms. The van der Waals surface area contributed by atoms with Crippen molar-refractivity contribution in [1.29, 1.82) is 0 Å². The van der Waals surface area contributed by atoms with Crippen LogP contribution >= 0.6 is 8.25 Å². The van der Waals surface area contributed by atoms with Crippen molar-refractivity contribution in [3.63, 3.8) is 0 Å². The number of nitrogens with zero attached hydrogens (tertiary/aromatic N) is 3. The highest BCUT2D eigenvalue weighted by Crippen LogP contribution is 2.39. The molecule has 0 bridgehead atoms. The van der Waals surface area contributed by atoms with Crippen LogP contribution in [0.2, 0.25) is 0 Å². The zero-order valence-corrected chi connectivity index (χ0v) is 12.3. The average molecular weight is 331 g/mol. The second-order valence-corrected chi connectivity index (χ2v) is 5.47. The number of halogens is 1. The van der Waals surface area contributed by atoms with Gasteiger partial charge in [-0.1, -0.05) is 6.92 Å². The van der Waals surface area contributed by atoms with E-state index < -0.39 is 38.4 Å². The predicted octanol–water partition coefficient (Wildman–Crippen LogP) is 0.800. The van der Waals surface area contributed by atoms with E-state index in [2.05, 4.69) is 15.0 Å². The van der Waals surface area contributed by atoms with Crippen LogP contribution in [0.15, 0.2) is 17.4 Å². The van der Waals surface area contributed by atoms with Gasteiger partial charge in [-0.25, -0.2) is 14.4 Å². The number of aromatic nitrogens is 4. The Bertz CT molecular complexity index is 764. The van der Waals surface area contributed by atoms with Crippen LogP contribution in [-0.4, -0.2) is 42.8 Å². The Morgan fingerprint density at radius 3 is 3.05 bits per heavy atom. The fourth-order valence-corrected chi connectivity index (χ4v) is 2.94. The summed E-state index contributed by atoms with van der Waals surface area (Å²) in [6, 6.07) is 0. The van der Waals surface area contributed by atoms with E-state index in [1.54, 1.807) is 6.92 Å². The van der Waals surface area contributed by atoms with E-state index in [9.17, 15) is 13.8 Å². The van der Waals surface area contributed by atoms with Gasteiger partial charge in [0.25, 0.3) is 5.56 Å². The minimum Gasteiger partial charge on any atom is -0.348 e. The minimum atomic E-state index is -3.01. The van der Waals surface area contributed by atoms with Crippen molar-refractivity contribution in [1.82, 2.24) is 19.5 Å². The number of hydrogen-bond acceptors (Lipinski definition) is 6. The normalized spacial score (nSPS) is 29.1. The molecule has 2 aromatic heterocycles. The second-order valence-electron chi connectivity index (χ2n) is 4.78. The molecule has 1 saturated heterocycles. The SMILES string of the molecule is CC[C@H]1O[C@@H](n2cnc3c(=O)[nH]cnc32)[C@H](O[P+](=O)O)[C@@H]1F. The number of rotatable bonds is 4. The smallest absolute Gasteiger partial charge is 0.348 e. The fourth-order valence-electron chi connectivity index (χ4n) is 2.51. The lowest BCUT2D eigenvalue weighted by Crippen LogP contribution is -2.29. The summed E-state index contributed by atoms with van der Waals surface area (Å²) in [4.78, 5) is 30.9. The zero-order chi connectivity index (χ0) is 15.9. The monoisotopic (exact) mass is 331 g/mol. The van der Waals surface area contributed by atoms with Crippen molar-refractivity contribution >= 4 is 19.4 Å². The lowest BCUT2D eigenvalue weighted by molar-refractivity contribution is -0.0298. The summed E-state index contributed by atoms with van der Waals surface area (Å²) in [6.07, 6.45) is -1.89. The highest BCUT2D eigenvalue weighted by atomic mass is 31.1. The van der Waals surface area contributed by atoms with Crippen molar-refractivity contribution in [2.45, 2.75) is 38.0 Å². The largest absolute Gasteiger partial charge is 0.695 e. The van der Waals surface area contributed by atoms with Gasteiger partial charge in [0, 0.05) is 4.57 Å². The molecule has 0 aliphatic carbocycles. The second kappa shape index (κ2) is 5.81. The van der Waals surface area contributed by atoms with Crippen LogP contribution in [-0.2, 0) is 13.8 Å². The first-order valence-electron chi connectivity index (χ1n) is 6.55. The first-order valence-corrected chi connectivity index (χ1v) is 7.68. The maximum Gasteiger partial charge on any atom is 0.695 e. The average Bonchev–Trinajstić information content (AvgIpc) is 3.02. The van der Waals surface area contributed by atoms with Gasteiger partial charge in [-0.2, -0.15) is 0 Å². The first-order chi connectivity index (χ1) is 10.5. The first kappa shape index (κ1) is 15.2. The van der Waals surface area contributed by atoms with Crippen LogP contribution in [0.4, 0.5) is 4.39 Å². The lowest BCUT2D eigenvalue weighted by atomic mass is 10.1. The van der Waals surface area contributed by atoms with Gasteiger partial charge in [0.05, 0.1) is 18.8 Å². The number of imidazole rings is 1. The molecular formula is C11H13FN4O5P+. The van der Waals surface area contributed by atoms with Gasteiger partial charge in [-0.05, 0) is 6.42 Å². The third-order valence-electron chi connectivity index (χ3n) is 3.52. The van der Waals surface area contributed by atoms with Crippen molar-refractivity contribution < 1.29 is 23.1 Å². The van der Waals surface area contributed by atoms with Crippen LogP contribution in [0.5, 0.6) is 0 Å². The molecule has 1 aliphatic heterocycles. The fraction of sp³-hybridized carbons (Fsp3) is 0.545. The highest BCUT2D eigenvalue weighted by molar-refractivity contribution is 7.32. The number of hydrogen-bond donors (Lipinski definition) is 2. The highest BCUT2D eigenvalue weighted by Gasteiger charge is 2.51. The third kappa shape index (κ3) is 2.44. The molecule has 1 unspecified atom stereocenters. The van der Waals surface area contributed by atoms with E-state index in [1.807, 2.05) is 0 Å². The van der Waals surface area contributed by atoms with E-state index in [0.29, 0.717) is 6.42 Å². The Labute approximate surface area is 124 Å². The molecule has 118 valence electrons. The van der Waals surface area contributed by atoms with Crippen LogP contribution in [0.25, 0.3) is 11.2 Å². The maximum absolute atomic E-state index is 14.3. The quantitative estimate of drug-likeness (QED) is 0.795. The summed E-state index contributed by atoms with van der Waals surface area (Å²) in [6.45, 7) is 1.73. The van der Waals surface area contributed by atoms with E-state index in [4.69, 9.17) is 14.2 Å². The van der Waals surface area contributed by atoms with Gasteiger partial charge in [-0.15, -0.1) is 9.42 Å². The van der Waals surface area contributed by atoms with Gasteiger partial charge >= 0.3 is 8.25 Å². The molecule has 2 N–H and O–H groups in total. The van der Waals surface area contributed by atoms with Crippen molar-refractivity contribution in [2.24, 2.45) is 0 Å². The van der Waals surface area contributed by atoms with E-state index in [-0.39, 0.29) is 11.2 Å². The molecule has 5 atom stereocenters. The lowest BCUT2D eigenvalue weighted by Gasteiger charge is -2.15. The van der Waals surface area contributed by atoms with Gasteiger partial charge in [0.15, 0.2) is 29.7 Å². The topological polar surface area (TPSA) is 119 Å². The van der Waals surface area contributed by atoms with E-state index in [1.165, 1.54) is 17.2 Å². The van der Waals surface area contributed by atoms with E-state index >= 15 is 0 Å². The van der Waals surface area contributed by atoms with Gasteiger partial charge in [0.1, 0.15) is 0 Å². The molecule has 3 rings (SSSR count). The van der Waals surface area contributed by atoms with Crippen molar-refractivity contribution in [2.75, 3.05) is 0 Å². The third-order valence-corrected chi connectivity index (χ3v) is 3.94. The standard InChI is InChI=1S/C11H12FN4O5P/c1-2-5-6(12)8(21-22(18)19)11(20-5)16-4-15-7-9(16)13-3-14-10(7)17/h3-6,8,11H,2H2,1H3,(H-,13,14,17,18,19)/p+1/t5-,6-,8-,11-/m1/s1. The summed E-state index contributed by atoms with van der Waals surface area (Å²) in [5.74, 6) is 0. The molecule has 0 aromatic carbocycles. The summed E-state index contributed by atoms with van der Waals surface area (Å²) in [5, 5.41) is 0. The summed E-state index contributed by atoms with van der Waals surface area (Å²) < 4.78 is 36.9. The molecule has 1 aliphatic rings. The molecule has 0 amide bonds. The number of ether oxygens (including phenoxy) is 1. The van der Waals surface area contributed by atoms with Crippen LogP contribution in [0.3, 0.4) is 0 Å². The molecule has 2 aromatic rings. The number of aromatic amines is 1. The van der Waals surface area contributed by atoms with Crippen LogP contribution in [0, 0.1) is 0 Å². The molecule has 11 heteroatoms. The van der Waals surface area contributed by atoms with Gasteiger partial charge in [-0.3, -0.25) is 9.36 Å². The molecule has 0 spiro atoms. The molecule has 3 heterocycles. The molecule has 0 saturated carbocycles. The summed E-state index contributed by atoms with van der Waals surface area (Å²) in [7, 11) is -3.01. The summed E-state index contributed by atoms with van der Waals surface area (Å²) >= 11 is 0. The Kier molecular flexibility index (Phi) is 4.00. The van der Waals surface area contributed by atoms with Gasteiger partial charge < -0.3 is 9.72 Å². The van der Waals surface area contributed by atoms with Crippen molar-refractivity contribution in [3.05, 3.63) is 23.0 Å². The minimum absolute atomic E-state index is 0.0635. The number of fused-ring (bicyclic) bond motifs is 1. The Hall–Kier alpha value is -1.74. The van der Waals surface area contributed by atoms with Crippen molar-refractivity contribution in [3.8, 4) is 0 Å². The number of alkyl halides is 1. The molecule has 9 nitrogen and oxygen atoms in total. The van der Waals surface area contributed by atoms with E-state index in [0.717, 1.165) is 0 Å². The maximum atomic E-state index is 14.3. The van der Waals surface area contributed by atoms with Crippen LogP contribution in [0.1, 0.15) is 19.6 Å².